The minimum atomic E-state index is -1.81. The molecule has 6 heteroatoms. The van der Waals surface area contributed by atoms with Crippen molar-refractivity contribution in [2.24, 2.45) is 10.9 Å². The number of hydrogen-bond donors (Lipinski definition) is 1. The number of fused-ring (bicyclic) bond motifs is 2. The predicted molar refractivity (Wildman–Crippen MR) is 149 cm³/mol. The van der Waals surface area contributed by atoms with Crippen LogP contribution in [0, 0.1) is 26.7 Å². The first-order valence-corrected chi connectivity index (χ1v) is 13.9. The van der Waals surface area contributed by atoms with Crippen LogP contribution in [0.4, 0.5) is 0 Å². The molecule has 1 aliphatic carbocycles. The minimum Gasteiger partial charge on any atom is -0.478 e. The molecule has 39 heavy (non-hydrogen) atoms. The number of aryl methyl sites for hydroxylation is 3. The first-order valence-electron chi connectivity index (χ1n) is 13.9. The van der Waals surface area contributed by atoms with E-state index >= 15 is 0 Å². The van der Waals surface area contributed by atoms with Gasteiger partial charge < -0.3 is 19.5 Å². The van der Waals surface area contributed by atoms with Gasteiger partial charge in [-0.2, -0.15) is 0 Å². The van der Waals surface area contributed by atoms with E-state index in [1.165, 1.54) is 7.11 Å². The Morgan fingerprint density at radius 3 is 2.49 bits per heavy atom. The lowest BCUT2D eigenvalue weighted by Crippen LogP contribution is -2.65. The summed E-state index contributed by atoms with van der Waals surface area (Å²) in [5, 5.41) is 13.2. The summed E-state index contributed by atoms with van der Waals surface area (Å²) < 4.78 is 12.8. The highest BCUT2D eigenvalue weighted by atomic mass is 16.5. The number of esters is 1. The Balaban J connectivity index is 1.68. The highest BCUT2D eigenvalue weighted by molar-refractivity contribution is 5.91. The summed E-state index contributed by atoms with van der Waals surface area (Å²) in [5.41, 5.74) is 1.87. The molecular weight excluding hydrogens is 488 g/mol. The van der Waals surface area contributed by atoms with Gasteiger partial charge in [-0.25, -0.2) is 4.99 Å². The van der Waals surface area contributed by atoms with Crippen molar-refractivity contribution < 1.29 is 19.4 Å². The molecule has 6 nitrogen and oxygen atoms in total. The van der Waals surface area contributed by atoms with Crippen molar-refractivity contribution in [3.63, 3.8) is 0 Å². The molecule has 5 atom stereocenters. The van der Waals surface area contributed by atoms with Gasteiger partial charge >= 0.3 is 5.97 Å². The van der Waals surface area contributed by atoms with E-state index in [2.05, 4.69) is 62.1 Å². The highest BCUT2D eigenvalue weighted by Crippen LogP contribution is 2.76. The third-order valence-corrected chi connectivity index (χ3v) is 9.49. The minimum absolute atomic E-state index is 0.481. The number of hydrogen-bond acceptors (Lipinski definition) is 6. The van der Waals surface area contributed by atoms with E-state index in [0.29, 0.717) is 0 Å². The van der Waals surface area contributed by atoms with Crippen LogP contribution < -0.4 is 4.74 Å². The Kier molecular flexibility index (Phi) is 5.12. The lowest BCUT2D eigenvalue weighted by molar-refractivity contribution is -0.161. The van der Waals surface area contributed by atoms with Crippen LogP contribution in [0.5, 0.6) is 5.75 Å². The van der Waals surface area contributed by atoms with E-state index in [9.17, 15) is 9.90 Å². The quantitative estimate of drug-likeness (QED) is 0.475. The zero-order chi connectivity index (χ0) is 27.2. The molecule has 200 valence electrons. The molecule has 3 heterocycles. The summed E-state index contributed by atoms with van der Waals surface area (Å²) in [5.74, 6) is -0.447. The van der Waals surface area contributed by atoms with E-state index in [1.807, 2.05) is 30.3 Å². The fraction of sp³-hybridized carbons (Fsp3) is 0.394. The third-order valence-electron chi connectivity index (χ3n) is 9.49. The summed E-state index contributed by atoms with van der Waals surface area (Å²) in [6.07, 6.45) is 2.71. The molecule has 2 fully saturated rings. The number of carbonyl (C=O) groups excluding carboxylic acids is 1. The normalized spacial score (nSPS) is 32.0. The second-order valence-corrected chi connectivity index (χ2v) is 11.6. The third kappa shape index (κ3) is 2.80. The summed E-state index contributed by atoms with van der Waals surface area (Å²) in [7, 11) is 1.39. The van der Waals surface area contributed by atoms with Gasteiger partial charge in [0.2, 0.25) is 5.72 Å². The molecule has 4 aliphatic rings. The SMILES string of the molecule is COC(=O)[C@@H]1[C@@H](c2ccccc2)[C@]2(c3ccc(C)cc3)Oc3cc(C)cc(C)c3[C@@]23N2CCCCC2=N[C@@]13O. The van der Waals surface area contributed by atoms with E-state index in [4.69, 9.17) is 14.5 Å². The molecule has 3 aromatic rings. The van der Waals surface area contributed by atoms with Crippen LogP contribution >= 0.6 is 0 Å². The fourth-order valence-corrected chi connectivity index (χ4v) is 8.28. The molecule has 7 rings (SSSR count). The average molecular weight is 523 g/mol. The van der Waals surface area contributed by atoms with Gasteiger partial charge in [-0.3, -0.25) is 4.79 Å². The molecule has 1 N–H and O–H groups in total. The summed E-state index contributed by atoms with van der Waals surface area (Å²) >= 11 is 0. The summed E-state index contributed by atoms with van der Waals surface area (Å²) in [6.45, 7) is 6.94. The number of aliphatic imine (C=N–C) groups is 1. The molecular formula is C33H34N2O4. The number of methoxy groups -OCH3 is 1. The lowest BCUT2D eigenvalue weighted by atomic mass is 9.66. The molecule has 3 aliphatic heterocycles. The monoisotopic (exact) mass is 522 g/mol. The van der Waals surface area contributed by atoms with Gasteiger partial charge in [0.1, 0.15) is 17.5 Å². The molecule has 1 saturated heterocycles. The van der Waals surface area contributed by atoms with Crippen molar-refractivity contribution in [1.29, 1.82) is 0 Å². The standard InChI is InChI=1S/C33H34N2O4/c1-20-13-15-24(16-14-20)31-28(23-10-6-5-7-11-23)29(30(36)38-4)33(37)32(31,35-17-9-8-12-26(35)34-33)27-22(3)18-21(2)19-25(27)39-31/h5-7,10-11,13-16,18-19,28-29,37H,8-9,12,17H2,1-4H3/t28-,29+,31+,32-,33-/m1/s1. The molecule has 0 amide bonds. The van der Waals surface area contributed by atoms with Crippen LogP contribution in [-0.4, -0.2) is 41.2 Å². The largest absolute Gasteiger partial charge is 0.478 e. The van der Waals surface area contributed by atoms with Gasteiger partial charge in [-0.05, 0) is 61.9 Å². The Morgan fingerprint density at radius 1 is 1.03 bits per heavy atom. The maximum atomic E-state index is 13.9. The van der Waals surface area contributed by atoms with Crippen LogP contribution in [0.15, 0.2) is 71.7 Å². The Morgan fingerprint density at radius 2 is 1.77 bits per heavy atom. The molecule has 0 aromatic heterocycles. The summed E-state index contributed by atoms with van der Waals surface area (Å²) in [6, 6.07) is 22.6. The molecule has 0 bridgehead atoms. The average Bonchev–Trinajstić information content (AvgIpc) is 3.45. The molecule has 1 saturated carbocycles. The van der Waals surface area contributed by atoms with Crippen LogP contribution in [0.3, 0.4) is 0 Å². The summed E-state index contributed by atoms with van der Waals surface area (Å²) in [4.78, 5) is 21.4. The molecule has 3 aromatic carbocycles. The van der Waals surface area contributed by atoms with Crippen molar-refractivity contribution in [3.8, 4) is 5.75 Å². The van der Waals surface area contributed by atoms with Gasteiger partial charge in [0.05, 0.1) is 7.11 Å². The van der Waals surface area contributed by atoms with Crippen LogP contribution in [0.2, 0.25) is 0 Å². The number of amidine groups is 1. The van der Waals surface area contributed by atoms with Crippen molar-refractivity contribution in [2.45, 2.75) is 62.8 Å². The van der Waals surface area contributed by atoms with E-state index in [-0.39, 0.29) is 0 Å². The number of ether oxygens (including phenoxy) is 2. The van der Waals surface area contributed by atoms with E-state index in [1.54, 1.807) is 0 Å². The van der Waals surface area contributed by atoms with Crippen molar-refractivity contribution in [1.82, 2.24) is 4.90 Å². The molecule has 1 spiro atoms. The van der Waals surface area contributed by atoms with Crippen molar-refractivity contribution in [2.75, 3.05) is 13.7 Å². The number of carbonyl (C=O) groups is 1. The maximum absolute atomic E-state index is 13.9. The van der Waals surface area contributed by atoms with Crippen LogP contribution in [0.1, 0.15) is 58.6 Å². The smallest absolute Gasteiger partial charge is 0.314 e. The van der Waals surface area contributed by atoms with Crippen LogP contribution in [-0.2, 0) is 20.7 Å². The number of nitrogens with zero attached hydrogens (tertiary/aromatic N) is 2. The molecule has 0 unspecified atom stereocenters. The van der Waals surface area contributed by atoms with Gasteiger partial charge in [0, 0.05) is 24.4 Å². The number of rotatable bonds is 3. The van der Waals surface area contributed by atoms with E-state index in [0.717, 1.165) is 70.8 Å². The second-order valence-electron chi connectivity index (χ2n) is 11.6. The van der Waals surface area contributed by atoms with E-state index < -0.39 is 34.7 Å². The number of benzene rings is 3. The first kappa shape index (κ1) is 24.4. The molecule has 0 radical (unpaired) electrons. The van der Waals surface area contributed by atoms with Gasteiger partial charge in [-0.1, -0.05) is 66.2 Å². The lowest BCUT2D eigenvalue weighted by Gasteiger charge is -2.50. The Hall–Kier alpha value is -3.64. The first-order chi connectivity index (χ1) is 18.8. The number of piperidine rings is 1. The topological polar surface area (TPSA) is 71.4 Å². The maximum Gasteiger partial charge on any atom is 0.314 e. The highest BCUT2D eigenvalue weighted by Gasteiger charge is 2.88. The van der Waals surface area contributed by atoms with Gasteiger partial charge in [0.25, 0.3) is 0 Å². The van der Waals surface area contributed by atoms with Crippen molar-refractivity contribution >= 4 is 11.8 Å². The zero-order valence-corrected chi connectivity index (χ0v) is 22.9. The second kappa shape index (κ2) is 8.18. The van der Waals surface area contributed by atoms with Gasteiger partial charge in [-0.15, -0.1) is 0 Å². The zero-order valence-electron chi connectivity index (χ0n) is 22.9. The van der Waals surface area contributed by atoms with Gasteiger partial charge in [0.15, 0.2) is 11.1 Å². The van der Waals surface area contributed by atoms with Crippen LogP contribution in [0.25, 0.3) is 0 Å². The van der Waals surface area contributed by atoms with Crippen molar-refractivity contribution in [3.05, 3.63) is 100 Å². The Bertz CT molecular complexity index is 1520. The fourth-order valence-electron chi connectivity index (χ4n) is 8.28. The Labute approximate surface area is 229 Å². The number of aliphatic hydroxyl groups is 1. The predicted octanol–water partition coefficient (Wildman–Crippen LogP) is 5.27.